The van der Waals surface area contributed by atoms with Gasteiger partial charge in [0.2, 0.25) is 10.0 Å². The highest BCUT2D eigenvalue weighted by Crippen LogP contribution is 2.22. The van der Waals surface area contributed by atoms with Gasteiger partial charge in [-0.1, -0.05) is 0 Å². The number of nitrogens with one attached hydrogen (secondary N) is 2. The zero-order chi connectivity index (χ0) is 12.6. The molecule has 0 fully saturated rings. The Morgan fingerprint density at radius 3 is 2.65 bits per heavy atom. The smallest absolute Gasteiger partial charge is 0.240 e. The first kappa shape index (κ1) is 11.9. The summed E-state index contributed by atoms with van der Waals surface area (Å²) >= 11 is 0. The van der Waals surface area contributed by atoms with Crippen LogP contribution in [-0.2, 0) is 10.0 Å². The minimum Gasteiger partial charge on any atom is -0.495 e. The number of hydrogen-bond acceptors (Lipinski definition) is 3. The number of rotatable bonds is 3. The lowest BCUT2D eigenvalue weighted by Gasteiger charge is -2.09. The first-order valence-electron chi connectivity index (χ1n) is 5.22. The number of fused-ring (bicyclic) bond motifs is 1. The van der Waals surface area contributed by atoms with E-state index in [-0.39, 0.29) is 16.8 Å². The van der Waals surface area contributed by atoms with Crippen molar-refractivity contribution in [3.05, 3.63) is 24.3 Å². The second-order valence-electron chi connectivity index (χ2n) is 4.18. The third kappa shape index (κ3) is 2.42. The molecule has 0 saturated carbocycles. The predicted octanol–water partition coefficient (Wildman–Crippen LogP) is 1.56. The van der Waals surface area contributed by atoms with Gasteiger partial charge in [0.15, 0.2) is 5.88 Å². The molecule has 0 aliphatic heterocycles. The fourth-order valence-corrected chi connectivity index (χ4v) is 2.93. The summed E-state index contributed by atoms with van der Waals surface area (Å²) in [5.74, 6) is 0.0198. The summed E-state index contributed by atoms with van der Waals surface area (Å²) in [6.07, 6.45) is 0. The van der Waals surface area contributed by atoms with Crippen molar-refractivity contribution in [2.45, 2.75) is 24.8 Å². The molecule has 5 nitrogen and oxygen atoms in total. The Balaban J connectivity index is 2.49. The van der Waals surface area contributed by atoms with E-state index >= 15 is 0 Å². The molecule has 1 aromatic heterocycles. The molecule has 0 aliphatic rings. The molecule has 1 heterocycles. The van der Waals surface area contributed by atoms with E-state index in [1.165, 1.54) is 18.2 Å². The van der Waals surface area contributed by atoms with Crippen molar-refractivity contribution in [2.75, 3.05) is 0 Å². The van der Waals surface area contributed by atoms with Crippen molar-refractivity contribution in [3.8, 4) is 5.88 Å². The van der Waals surface area contributed by atoms with Crippen molar-refractivity contribution in [1.82, 2.24) is 9.71 Å². The van der Waals surface area contributed by atoms with Gasteiger partial charge in [0.1, 0.15) is 0 Å². The molecule has 17 heavy (non-hydrogen) atoms. The van der Waals surface area contributed by atoms with E-state index in [1.54, 1.807) is 19.9 Å². The van der Waals surface area contributed by atoms with Crippen LogP contribution in [0.25, 0.3) is 10.9 Å². The van der Waals surface area contributed by atoms with Crippen molar-refractivity contribution < 1.29 is 13.5 Å². The minimum atomic E-state index is -3.49. The fraction of sp³-hybridized carbons (Fsp3) is 0.273. The van der Waals surface area contributed by atoms with Crippen LogP contribution in [0.5, 0.6) is 5.88 Å². The molecule has 0 spiro atoms. The predicted molar refractivity (Wildman–Crippen MR) is 65.4 cm³/mol. The maximum atomic E-state index is 11.9. The highest BCUT2D eigenvalue weighted by Gasteiger charge is 2.15. The van der Waals surface area contributed by atoms with Crippen molar-refractivity contribution >= 4 is 20.9 Å². The van der Waals surface area contributed by atoms with Crippen molar-refractivity contribution in [3.63, 3.8) is 0 Å². The van der Waals surface area contributed by atoms with Crippen LogP contribution in [0.15, 0.2) is 29.2 Å². The molecule has 1 aromatic carbocycles. The van der Waals surface area contributed by atoms with E-state index in [0.29, 0.717) is 10.9 Å². The number of benzene rings is 1. The molecule has 6 heteroatoms. The number of aromatic nitrogens is 1. The van der Waals surface area contributed by atoms with Gasteiger partial charge in [-0.25, -0.2) is 13.1 Å². The van der Waals surface area contributed by atoms with Gasteiger partial charge in [-0.05, 0) is 32.0 Å². The molecule has 0 atom stereocenters. The standard InChI is InChI=1S/C11H14N2O3S/c1-7(2)13-17(15,16)9-3-4-10-8(5-9)6-11(14)12-10/h3-7,12-14H,1-2H3. The Morgan fingerprint density at radius 2 is 2.00 bits per heavy atom. The summed E-state index contributed by atoms with van der Waals surface area (Å²) in [4.78, 5) is 2.91. The van der Waals surface area contributed by atoms with E-state index in [1.807, 2.05) is 0 Å². The normalized spacial score (nSPS) is 12.4. The van der Waals surface area contributed by atoms with Gasteiger partial charge in [-0.2, -0.15) is 0 Å². The van der Waals surface area contributed by atoms with Crippen LogP contribution in [0, 0.1) is 0 Å². The third-order valence-electron chi connectivity index (χ3n) is 2.28. The van der Waals surface area contributed by atoms with Gasteiger partial charge >= 0.3 is 0 Å². The summed E-state index contributed by atoms with van der Waals surface area (Å²) in [7, 11) is -3.49. The lowest BCUT2D eigenvalue weighted by molar-refractivity contribution is 0.458. The molecule has 0 saturated heterocycles. The monoisotopic (exact) mass is 254 g/mol. The van der Waals surface area contributed by atoms with E-state index in [4.69, 9.17) is 0 Å². The summed E-state index contributed by atoms with van der Waals surface area (Å²) < 4.78 is 26.3. The number of hydrogen-bond donors (Lipinski definition) is 3. The van der Waals surface area contributed by atoms with Gasteiger partial charge in [0.05, 0.1) is 4.90 Å². The largest absolute Gasteiger partial charge is 0.495 e. The summed E-state index contributed by atoms with van der Waals surface area (Å²) in [5.41, 5.74) is 0.700. The van der Waals surface area contributed by atoms with Gasteiger partial charge < -0.3 is 10.1 Å². The molecule has 0 radical (unpaired) electrons. The van der Waals surface area contributed by atoms with E-state index in [9.17, 15) is 13.5 Å². The molecule has 2 rings (SSSR count). The first-order valence-corrected chi connectivity index (χ1v) is 6.71. The molecule has 0 bridgehead atoms. The molecular weight excluding hydrogens is 240 g/mol. The second-order valence-corrected chi connectivity index (χ2v) is 5.89. The van der Waals surface area contributed by atoms with Crippen molar-refractivity contribution in [2.24, 2.45) is 0 Å². The number of aromatic hydroxyl groups is 1. The first-order chi connectivity index (χ1) is 7.88. The van der Waals surface area contributed by atoms with Crippen LogP contribution in [0.4, 0.5) is 0 Å². The van der Waals surface area contributed by atoms with Gasteiger partial charge in [0, 0.05) is 23.0 Å². The maximum absolute atomic E-state index is 11.9. The minimum absolute atomic E-state index is 0.0198. The molecule has 3 N–H and O–H groups in total. The van der Waals surface area contributed by atoms with Crippen molar-refractivity contribution in [1.29, 1.82) is 0 Å². The SMILES string of the molecule is CC(C)NS(=O)(=O)c1ccc2[nH]c(O)cc2c1. The van der Waals surface area contributed by atoms with Gasteiger partial charge in [-0.3, -0.25) is 0 Å². The van der Waals surface area contributed by atoms with Crippen LogP contribution in [0.3, 0.4) is 0 Å². The second kappa shape index (κ2) is 4.05. The molecular formula is C11H14N2O3S. The Bertz CT molecular complexity index is 644. The Kier molecular flexibility index (Phi) is 2.84. The lowest BCUT2D eigenvalue weighted by Crippen LogP contribution is -2.30. The summed E-state index contributed by atoms with van der Waals surface area (Å²) in [5, 5.41) is 9.94. The fourth-order valence-electron chi connectivity index (χ4n) is 1.64. The molecule has 2 aromatic rings. The van der Waals surface area contributed by atoms with E-state index in [2.05, 4.69) is 9.71 Å². The number of sulfonamides is 1. The lowest BCUT2D eigenvalue weighted by atomic mass is 10.2. The molecule has 92 valence electrons. The van der Waals surface area contributed by atoms with Crippen LogP contribution in [-0.4, -0.2) is 24.6 Å². The average molecular weight is 254 g/mol. The Hall–Kier alpha value is -1.53. The maximum Gasteiger partial charge on any atom is 0.240 e. The van der Waals surface area contributed by atoms with Gasteiger partial charge in [0.25, 0.3) is 0 Å². The van der Waals surface area contributed by atoms with E-state index in [0.717, 1.165) is 0 Å². The van der Waals surface area contributed by atoms with Gasteiger partial charge in [-0.15, -0.1) is 0 Å². The quantitative estimate of drug-likeness (QED) is 0.777. The van der Waals surface area contributed by atoms with Crippen LogP contribution in [0.1, 0.15) is 13.8 Å². The Morgan fingerprint density at radius 1 is 1.29 bits per heavy atom. The highest BCUT2D eigenvalue weighted by atomic mass is 32.2. The number of H-pyrrole nitrogens is 1. The van der Waals surface area contributed by atoms with Crippen LogP contribution < -0.4 is 4.72 Å². The molecule has 0 aliphatic carbocycles. The topological polar surface area (TPSA) is 82.2 Å². The number of aromatic amines is 1. The highest BCUT2D eigenvalue weighted by molar-refractivity contribution is 7.89. The summed E-state index contributed by atoms with van der Waals surface area (Å²) in [6.45, 7) is 3.52. The Labute approximate surface area is 99.5 Å². The third-order valence-corrected chi connectivity index (χ3v) is 3.94. The summed E-state index contributed by atoms with van der Waals surface area (Å²) in [6, 6.07) is 5.99. The average Bonchev–Trinajstić information content (AvgIpc) is 2.54. The zero-order valence-corrected chi connectivity index (χ0v) is 10.4. The zero-order valence-electron chi connectivity index (χ0n) is 9.56. The van der Waals surface area contributed by atoms with Crippen LogP contribution in [0.2, 0.25) is 0 Å². The molecule has 0 unspecified atom stereocenters. The molecule has 0 amide bonds. The van der Waals surface area contributed by atoms with Crippen LogP contribution >= 0.6 is 0 Å². The van der Waals surface area contributed by atoms with E-state index < -0.39 is 10.0 Å².